The molecule has 1 heterocycles. The summed E-state index contributed by atoms with van der Waals surface area (Å²) in [5, 5.41) is 7.66. The zero-order chi connectivity index (χ0) is 18.6. The molecule has 1 aromatic carbocycles. The van der Waals surface area contributed by atoms with Crippen molar-refractivity contribution in [2.24, 2.45) is 11.3 Å². The molecule has 140 valence electrons. The van der Waals surface area contributed by atoms with Gasteiger partial charge in [0.05, 0.1) is 0 Å². The SMILES string of the molecule is CC1(C)C=C(NCC2CCN(C(=S)Nc3ccccc3)CC2)CC(=O)C1. The lowest BCUT2D eigenvalue weighted by atomic mass is 9.81. The number of thiocarbonyl (C=S) groups is 1. The van der Waals surface area contributed by atoms with Gasteiger partial charge in [-0.25, -0.2) is 0 Å². The quantitative estimate of drug-likeness (QED) is 0.785. The number of para-hydroxylation sites is 1. The molecule has 1 aliphatic carbocycles. The van der Waals surface area contributed by atoms with E-state index in [-0.39, 0.29) is 5.41 Å². The highest BCUT2D eigenvalue weighted by molar-refractivity contribution is 7.80. The van der Waals surface area contributed by atoms with Gasteiger partial charge in [-0.05, 0) is 48.5 Å². The van der Waals surface area contributed by atoms with Crippen molar-refractivity contribution in [3.8, 4) is 0 Å². The van der Waals surface area contributed by atoms with Crippen LogP contribution in [-0.4, -0.2) is 35.4 Å². The molecule has 26 heavy (non-hydrogen) atoms. The number of ketones is 1. The molecule has 0 bridgehead atoms. The Hall–Kier alpha value is -1.88. The summed E-state index contributed by atoms with van der Waals surface area (Å²) in [6, 6.07) is 10.1. The fraction of sp³-hybridized carbons (Fsp3) is 0.524. The van der Waals surface area contributed by atoms with E-state index in [1.54, 1.807) is 0 Å². The number of allylic oxidation sites excluding steroid dienone is 2. The first kappa shape index (κ1) is 18.9. The maximum Gasteiger partial charge on any atom is 0.173 e. The van der Waals surface area contributed by atoms with Crippen LogP contribution in [0.4, 0.5) is 5.69 Å². The van der Waals surface area contributed by atoms with Crippen LogP contribution in [0.5, 0.6) is 0 Å². The molecule has 2 N–H and O–H groups in total. The Morgan fingerprint density at radius 3 is 2.58 bits per heavy atom. The van der Waals surface area contributed by atoms with Crippen molar-refractivity contribution in [3.05, 3.63) is 42.1 Å². The lowest BCUT2D eigenvalue weighted by molar-refractivity contribution is -0.120. The van der Waals surface area contributed by atoms with Gasteiger partial charge in [0.25, 0.3) is 0 Å². The molecule has 1 aromatic rings. The van der Waals surface area contributed by atoms with Crippen molar-refractivity contribution in [1.82, 2.24) is 10.2 Å². The first-order valence-electron chi connectivity index (χ1n) is 9.49. The number of carbonyl (C=O) groups is 1. The van der Waals surface area contributed by atoms with E-state index in [2.05, 4.69) is 35.5 Å². The first-order chi connectivity index (χ1) is 12.4. The highest BCUT2D eigenvalue weighted by Gasteiger charge is 2.27. The number of nitrogens with zero attached hydrogens (tertiary/aromatic N) is 1. The van der Waals surface area contributed by atoms with E-state index in [1.165, 1.54) is 0 Å². The fourth-order valence-electron chi connectivity index (χ4n) is 3.81. The van der Waals surface area contributed by atoms with Gasteiger partial charge in [-0.1, -0.05) is 38.1 Å². The van der Waals surface area contributed by atoms with E-state index in [0.717, 1.165) is 49.0 Å². The van der Waals surface area contributed by atoms with Crippen LogP contribution in [0.1, 0.15) is 39.5 Å². The Balaban J connectivity index is 1.43. The van der Waals surface area contributed by atoms with Gasteiger partial charge in [-0.3, -0.25) is 4.79 Å². The average Bonchev–Trinajstić information content (AvgIpc) is 2.59. The minimum absolute atomic E-state index is 0.0175. The number of nitrogens with one attached hydrogen (secondary N) is 2. The number of Topliss-reactive ketones (excluding diaryl/α,β-unsaturated/α-hetero) is 1. The molecular formula is C21H29N3OS. The Kier molecular flexibility index (Phi) is 5.97. The first-order valence-corrected chi connectivity index (χ1v) is 9.90. The van der Waals surface area contributed by atoms with Crippen molar-refractivity contribution >= 4 is 28.8 Å². The van der Waals surface area contributed by atoms with Crippen molar-refractivity contribution in [3.63, 3.8) is 0 Å². The minimum Gasteiger partial charge on any atom is -0.388 e. The molecule has 0 atom stereocenters. The van der Waals surface area contributed by atoms with Crippen molar-refractivity contribution in [2.75, 3.05) is 25.0 Å². The molecule has 0 amide bonds. The average molecular weight is 372 g/mol. The van der Waals surface area contributed by atoms with Gasteiger partial charge in [-0.15, -0.1) is 0 Å². The van der Waals surface area contributed by atoms with Crippen LogP contribution in [0, 0.1) is 11.3 Å². The number of carbonyl (C=O) groups excluding carboxylic acids is 1. The molecule has 0 spiro atoms. The standard InChI is InChI=1S/C21H29N3OS/c1-21(2)13-18(12-19(25)14-21)22-15-16-8-10-24(11-9-16)20(26)23-17-6-4-3-5-7-17/h3-7,13,16,22H,8-12,14-15H2,1-2H3,(H,23,26). The largest absolute Gasteiger partial charge is 0.388 e. The molecule has 5 heteroatoms. The number of anilines is 1. The predicted molar refractivity (Wildman–Crippen MR) is 111 cm³/mol. The van der Waals surface area contributed by atoms with E-state index >= 15 is 0 Å². The smallest absolute Gasteiger partial charge is 0.173 e. The number of likely N-dealkylation sites (tertiary alicyclic amines) is 1. The zero-order valence-corrected chi connectivity index (χ0v) is 16.6. The highest BCUT2D eigenvalue weighted by Crippen LogP contribution is 2.30. The monoisotopic (exact) mass is 371 g/mol. The fourth-order valence-corrected chi connectivity index (χ4v) is 4.11. The molecule has 0 radical (unpaired) electrons. The predicted octanol–water partition coefficient (Wildman–Crippen LogP) is 3.96. The van der Waals surface area contributed by atoms with E-state index < -0.39 is 0 Å². The van der Waals surface area contributed by atoms with Crippen molar-refractivity contribution in [1.29, 1.82) is 0 Å². The molecule has 0 saturated carbocycles. The Morgan fingerprint density at radius 1 is 1.23 bits per heavy atom. The van der Waals surface area contributed by atoms with Crippen LogP contribution >= 0.6 is 12.2 Å². The van der Waals surface area contributed by atoms with Crippen LogP contribution in [0.25, 0.3) is 0 Å². The summed E-state index contributed by atoms with van der Waals surface area (Å²) >= 11 is 5.55. The number of benzene rings is 1. The minimum atomic E-state index is -0.0175. The maximum absolute atomic E-state index is 11.9. The van der Waals surface area contributed by atoms with Crippen LogP contribution < -0.4 is 10.6 Å². The lowest BCUT2D eigenvalue weighted by Gasteiger charge is -2.34. The van der Waals surface area contributed by atoms with Crippen LogP contribution in [-0.2, 0) is 4.79 Å². The topological polar surface area (TPSA) is 44.4 Å². The molecule has 2 aliphatic rings. The second kappa shape index (κ2) is 8.21. The third-order valence-electron chi connectivity index (χ3n) is 5.15. The van der Waals surface area contributed by atoms with Gasteiger partial charge in [-0.2, -0.15) is 0 Å². The normalized spacial score (nSPS) is 20.5. The van der Waals surface area contributed by atoms with Crippen LogP contribution in [0.2, 0.25) is 0 Å². The lowest BCUT2D eigenvalue weighted by Crippen LogP contribution is -2.42. The van der Waals surface area contributed by atoms with Crippen molar-refractivity contribution < 1.29 is 4.79 Å². The van der Waals surface area contributed by atoms with Crippen molar-refractivity contribution in [2.45, 2.75) is 39.5 Å². The molecule has 0 aromatic heterocycles. The molecule has 1 saturated heterocycles. The van der Waals surface area contributed by atoms with Gasteiger partial charge in [0, 0.05) is 43.9 Å². The van der Waals surface area contributed by atoms with E-state index in [0.29, 0.717) is 24.5 Å². The molecule has 1 aliphatic heterocycles. The summed E-state index contributed by atoms with van der Waals surface area (Å²) in [6.07, 6.45) is 5.70. The number of rotatable bonds is 4. The second-order valence-electron chi connectivity index (χ2n) is 8.16. The molecular weight excluding hydrogens is 342 g/mol. The third-order valence-corrected chi connectivity index (χ3v) is 5.51. The maximum atomic E-state index is 11.9. The second-order valence-corrected chi connectivity index (χ2v) is 8.54. The van der Waals surface area contributed by atoms with E-state index in [4.69, 9.17) is 12.2 Å². The van der Waals surface area contributed by atoms with Gasteiger partial charge < -0.3 is 15.5 Å². The summed E-state index contributed by atoms with van der Waals surface area (Å²) in [6.45, 7) is 7.17. The van der Waals surface area contributed by atoms with E-state index in [1.807, 2.05) is 30.3 Å². The van der Waals surface area contributed by atoms with Gasteiger partial charge >= 0.3 is 0 Å². The summed E-state index contributed by atoms with van der Waals surface area (Å²) in [4.78, 5) is 14.2. The summed E-state index contributed by atoms with van der Waals surface area (Å²) in [7, 11) is 0. The number of hydrogen-bond acceptors (Lipinski definition) is 3. The van der Waals surface area contributed by atoms with E-state index in [9.17, 15) is 4.79 Å². The Bertz CT molecular complexity index is 676. The van der Waals surface area contributed by atoms with Gasteiger partial charge in [0.1, 0.15) is 5.78 Å². The van der Waals surface area contributed by atoms with Crippen LogP contribution in [0.15, 0.2) is 42.1 Å². The summed E-state index contributed by atoms with van der Waals surface area (Å²) in [5.74, 6) is 0.971. The molecule has 4 nitrogen and oxygen atoms in total. The Labute approximate surface area is 162 Å². The number of piperidine rings is 1. The summed E-state index contributed by atoms with van der Waals surface area (Å²) in [5.41, 5.74) is 2.13. The summed E-state index contributed by atoms with van der Waals surface area (Å²) < 4.78 is 0. The van der Waals surface area contributed by atoms with Gasteiger partial charge in [0.15, 0.2) is 5.11 Å². The Morgan fingerprint density at radius 2 is 1.92 bits per heavy atom. The number of hydrogen-bond donors (Lipinski definition) is 2. The van der Waals surface area contributed by atoms with Gasteiger partial charge in [0.2, 0.25) is 0 Å². The van der Waals surface area contributed by atoms with Crippen LogP contribution in [0.3, 0.4) is 0 Å². The third kappa shape index (κ3) is 5.31. The molecule has 3 rings (SSSR count). The highest BCUT2D eigenvalue weighted by atomic mass is 32.1. The molecule has 0 unspecified atom stereocenters. The molecule has 1 fully saturated rings. The zero-order valence-electron chi connectivity index (χ0n) is 15.8.